The van der Waals surface area contributed by atoms with Crippen LogP contribution in [0.15, 0.2) is 67.3 Å². The third-order valence-electron chi connectivity index (χ3n) is 7.53. The van der Waals surface area contributed by atoms with Gasteiger partial charge in [0.2, 0.25) is 5.91 Å². The van der Waals surface area contributed by atoms with Crippen LogP contribution >= 0.6 is 0 Å². The van der Waals surface area contributed by atoms with E-state index in [0.717, 1.165) is 56.6 Å². The van der Waals surface area contributed by atoms with Crippen molar-refractivity contribution < 1.29 is 19.1 Å². The summed E-state index contributed by atoms with van der Waals surface area (Å²) < 4.78 is 10.7. The van der Waals surface area contributed by atoms with Crippen LogP contribution in [-0.4, -0.2) is 49.6 Å². The molecule has 1 aliphatic carbocycles. The van der Waals surface area contributed by atoms with Gasteiger partial charge in [0.15, 0.2) is 0 Å². The van der Waals surface area contributed by atoms with Crippen molar-refractivity contribution in [3.8, 4) is 11.5 Å². The molecule has 1 saturated carbocycles. The van der Waals surface area contributed by atoms with Gasteiger partial charge in [-0.05, 0) is 79.6 Å². The minimum atomic E-state index is -0.321. The molecule has 1 N–H and O–H groups in total. The van der Waals surface area contributed by atoms with Crippen molar-refractivity contribution in [3.05, 3.63) is 78.4 Å². The highest BCUT2D eigenvalue weighted by atomic mass is 16.5. The average molecular weight is 489 g/mol. The van der Waals surface area contributed by atoms with Crippen molar-refractivity contribution in [1.82, 2.24) is 10.2 Å². The van der Waals surface area contributed by atoms with E-state index >= 15 is 0 Å². The second-order valence-electron chi connectivity index (χ2n) is 9.87. The number of hydrogen-bond donors (Lipinski definition) is 1. The highest BCUT2D eigenvalue weighted by molar-refractivity contribution is 5.92. The first kappa shape index (κ1) is 25.7. The molecule has 6 heteroatoms. The molecule has 0 unspecified atom stereocenters. The minimum absolute atomic E-state index is 0.0760. The van der Waals surface area contributed by atoms with E-state index < -0.39 is 0 Å². The second kappa shape index (κ2) is 11.6. The number of methoxy groups -OCH3 is 1. The number of carbonyl (C=O) groups excluding carboxylic acids is 2. The maximum atomic E-state index is 12.8. The fourth-order valence-electron chi connectivity index (χ4n) is 5.89. The van der Waals surface area contributed by atoms with E-state index in [9.17, 15) is 9.59 Å². The Balaban J connectivity index is 1.52. The number of rotatable bonds is 8. The lowest BCUT2D eigenvalue weighted by Crippen LogP contribution is -2.56. The smallest absolute Gasteiger partial charge is 0.308 e. The Morgan fingerprint density at radius 1 is 1.17 bits per heavy atom. The molecule has 2 fully saturated rings. The van der Waals surface area contributed by atoms with Gasteiger partial charge in [-0.15, -0.1) is 6.58 Å². The topological polar surface area (TPSA) is 67.9 Å². The van der Waals surface area contributed by atoms with E-state index in [1.165, 1.54) is 12.5 Å². The number of hydrogen-bond acceptors (Lipinski definition) is 5. The molecule has 3 atom stereocenters. The Kier molecular flexibility index (Phi) is 8.26. The van der Waals surface area contributed by atoms with Crippen LogP contribution in [0.3, 0.4) is 0 Å². The van der Waals surface area contributed by atoms with Crippen LogP contribution in [0.1, 0.15) is 43.7 Å². The number of esters is 1. The predicted molar refractivity (Wildman–Crippen MR) is 142 cm³/mol. The van der Waals surface area contributed by atoms with Crippen LogP contribution in [-0.2, 0) is 15.0 Å². The number of likely N-dealkylation sites (tertiary alicyclic amines) is 1. The third-order valence-corrected chi connectivity index (χ3v) is 7.53. The van der Waals surface area contributed by atoms with Crippen molar-refractivity contribution in [2.75, 3.05) is 26.7 Å². The molecule has 190 valence electrons. The zero-order valence-electron chi connectivity index (χ0n) is 21.2. The second-order valence-corrected chi connectivity index (χ2v) is 9.87. The molecule has 1 aliphatic heterocycles. The Bertz CT molecular complexity index is 1130. The first-order valence-corrected chi connectivity index (χ1v) is 12.7. The fraction of sp³-hybridized carbons (Fsp3) is 0.400. The minimum Gasteiger partial charge on any atom is -0.497 e. The highest BCUT2D eigenvalue weighted by Gasteiger charge is 2.48. The van der Waals surface area contributed by atoms with Crippen LogP contribution in [0.25, 0.3) is 6.08 Å². The standard InChI is InChI=1S/C30H36N2O4/c1-4-16-32-17-15-30(24-8-6-10-28(19-24)36-22(2)33)20-26(13-12-25(30)21-32)31-29(34)14-11-23-7-5-9-27(18-23)35-3/h4-11,14,18-19,25-26H,1,12-13,15-17,20-21H2,2-3H3,(H,31,34)/t25-,26-,30+/m1/s1. The molecule has 0 spiro atoms. The van der Waals surface area contributed by atoms with Gasteiger partial charge >= 0.3 is 5.97 Å². The lowest BCUT2D eigenvalue weighted by atomic mass is 9.58. The predicted octanol–water partition coefficient (Wildman–Crippen LogP) is 4.75. The summed E-state index contributed by atoms with van der Waals surface area (Å²) in [7, 11) is 1.63. The van der Waals surface area contributed by atoms with Crippen molar-refractivity contribution in [3.63, 3.8) is 0 Å². The molecule has 1 heterocycles. The number of ether oxygens (including phenoxy) is 2. The first-order valence-electron chi connectivity index (χ1n) is 12.7. The van der Waals surface area contributed by atoms with E-state index in [0.29, 0.717) is 11.7 Å². The largest absolute Gasteiger partial charge is 0.497 e. The van der Waals surface area contributed by atoms with E-state index in [1.807, 2.05) is 54.6 Å². The van der Waals surface area contributed by atoms with Crippen LogP contribution in [0.5, 0.6) is 11.5 Å². The third kappa shape index (κ3) is 6.05. The maximum Gasteiger partial charge on any atom is 0.308 e. The van der Waals surface area contributed by atoms with E-state index in [2.05, 4.69) is 22.9 Å². The van der Waals surface area contributed by atoms with Crippen molar-refractivity contribution in [2.24, 2.45) is 5.92 Å². The number of benzene rings is 2. The van der Waals surface area contributed by atoms with Gasteiger partial charge in [0.1, 0.15) is 11.5 Å². The summed E-state index contributed by atoms with van der Waals surface area (Å²) in [5.74, 6) is 1.39. The average Bonchev–Trinajstić information content (AvgIpc) is 2.87. The van der Waals surface area contributed by atoms with Gasteiger partial charge < -0.3 is 14.8 Å². The lowest BCUT2D eigenvalue weighted by Gasteiger charge is -2.53. The molecular weight excluding hydrogens is 452 g/mol. The molecule has 2 aromatic carbocycles. The number of carbonyl (C=O) groups is 2. The number of amides is 1. The number of nitrogens with one attached hydrogen (secondary N) is 1. The molecule has 0 bridgehead atoms. The summed E-state index contributed by atoms with van der Waals surface area (Å²) in [6, 6.07) is 15.7. The monoisotopic (exact) mass is 488 g/mol. The normalized spacial score (nSPS) is 24.1. The summed E-state index contributed by atoms with van der Waals surface area (Å²) >= 11 is 0. The molecule has 4 rings (SSSR count). The quantitative estimate of drug-likeness (QED) is 0.251. The Morgan fingerprint density at radius 3 is 2.75 bits per heavy atom. The SMILES string of the molecule is C=CCN1CC[C@@]2(c3cccc(OC(C)=O)c3)C[C@H](NC(=O)C=Cc3cccc(OC)c3)CC[C@@H]2C1. The summed E-state index contributed by atoms with van der Waals surface area (Å²) in [4.78, 5) is 26.9. The number of nitrogens with zero attached hydrogens (tertiary/aromatic N) is 1. The van der Waals surface area contributed by atoms with Gasteiger partial charge in [-0.1, -0.05) is 30.3 Å². The summed E-state index contributed by atoms with van der Waals surface area (Å²) in [5.41, 5.74) is 2.03. The Morgan fingerprint density at radius 2 is 1.97 bits per heavy atom. The lowest BCUT2D eigenvalue weighted by molar-refractivity contribution is -0.131. The van der Waals surface area contributed by atoms with Crippen molar-refractivity contribution in [2.45, 2.75) is 44.1 Å². The molecule has 0 radical (unpaired) electrons. The molecule has 0 aromatic heterocycles. The van der Waals surface area contributed by atoms with E-state index in [4.69, 9.17) is 9.47 Å². The van der Waals surface area contributed by atoms with Crippen LogP contribution in [0.4, 0.5) is 0 Å². The molecule has 2 aromatic rings. The Labute approximate surface area is 214 Å². The zero-order chi connectivity index (χ0) is 25.5. The number of fused-ring (bicyclic) bond motifs is 1. The molecule has 2 aliphatic rings. The van der Waals surface area contributed by atoms with Crippen molar-refractivity contribution in [1.29, 1.82) is 0 Å². The van der Waals surface area contributed by atoms with Crippen molar-refractivity contribution >= 4 is 18.0 Å². The van der Waals surface area contributed by atoms with Gasteiger partial charge in [-0.3, -0.25) is 14.5 Å². The molecular formula is C30H36N2O4. The van der Waals surface area contributed by atoms with Crippen LogP contribution in [0.2, 0.25) is 0 Å². The van der Waals surface area contributed by atoms with Gasteiger partial charge in [-0.2, -0.15) is 0 Å². The van der Waals surface area contributed by atoms with Gasteiger partial charge in [0.05, 0.1) is 7.11 Å². The maximum absolute atomic E-state index is 12.8. The summed E-state index contributed by atoms with van der Waals surface area (Å²) in [6.45, 7) is 8.19. The number of piperidine rings is 1. The highest BCUT2D eigenvalue weighted by Crippen LogP contribution is 2.49. The zero-order valence-corrected chi connectivity index (χ0v) is 21.2. The molecule has 36 heavy (non-hydrogen) atoms. The Hall–Kier alpha value is -3.38. The van der Waals surface area contributed by atoms with Crippen LogP contribution < -0.4 is 14.8 Å². The summed E-state index contributed by atoms with van der Waals surface area (Å²) in [5, 5.41) is 3.26. The van der Waals surface area contributed by atoms with E-state index in [1.54, 1.807) is 13.2 Å². The van der Waals surface area contributed by atoms with E-state index in [-0.39, 0.29) is 23.3 Å². The molecule has 6 nitrogen and oxygen atoms in total. The molecule has 1 saturated heterocycles. The summed E-state index contributed by atoms with van der Waals surface area (Å²) in [6.07, 6.45) is 9.20. The molecule has 1 amide bonds. The fourth-order valence-corrected chi connectivity index (χ4v) is 5.89. The van der Waals surface area contributed by atoms with Gasteiger partial charge in [0.25, 0.3) is 0 Å². The van der Waals surface area contributed by atoms with Gasteiger partial charge in [-0.25, -0.2) is 0 Å². The van der Waals surface area contributed by atoms with Gasteiger partial charge in [0, 0.05) is 37.5 Å². The first-order chi connectivity index (χ1) is 17.4. The van der Waals surface area contributed by atoms with Crippen LogP contribution in [0, 0.1) is 5.92 Å².